The maximum absolute atomic E-state index is 13.7. The number of rotatable bonds is 2. The minimum absolute atomic E-state index is 0.169. The Morgan fingerprint density at radius 3 is 2.87 bits per heavy atom. The van der Waals surface area contributed by atoms with Gasteiger partial charge in [0, 0.05) is 23.6 Å². The molecule has 2 aromatic rings. The van der Waals surface area contributed by atoms with Crippen LogP contribution in [0.4, 0.5) is 8.78 Å². The van der Waals surface area contributed by atoms with Crippen LogP contribution < -0.4 is 0 Å². The van der Waals surface area contributed by atoms with E-state index < -0.39 is 11.6 Å². The SMILES string of the molecule is CC(=O)Cc1c(F)cc2cc[nH]c2c1F. The first-order valence-corrected chi connectivity index (χ1v) is 4.53. The lowest BCUT2D eigenvalue weighted by molar-refractivity contribution is -0.116. The minimum atomic E-state index is -0.676. The number of nitrogens with one attached hydrogen (secondary N) is 1. The molecule has 1 N–H and O–H groups in total. The lowest BCUT2D eigenvalue weighted by Gasteiger charge is -2.03. The Labute approximate surface area is 84.9 Å². The summed E-state index contributed by atoms with van der Waals surface area (Å²) in [6.07, 6.45) is 1.32. The monoisotopic (exact) mass is 209 g/mol. The van der Waals surface area contributed by atoms with E-state index in [0.717, 1.165) is 0 Å². The Kier molecular flexibility index (Phi) is 2.26. The molecule has 0 aliphatic carbocycles. The highest BCUT2D eigenvalue weighted by Crippen LogP contribution is 2.23. The normalized spacial score (nSPS) is 10.9. The fourth-order valence-electron chi connectivity index (χ4n) is 1.58. The number of fused-ring (bicyclic) bond motifs is 1. The van der Waals surface area contributed by atoms with E-state index >= 15 is 0 Å². The third kappa shape index (κ3) is 1.63. The summed E-state index contributed by atoms with van der Waals surface area (Å²) in [5.74, 6) is -1.61. The summed E-state index contributed by atoms with van der Waals surface area (Å²) in [4.78, 5) is 13.5. The summed E-state index contributed by atoms with van der Waals surface area (Å²) >= 11 is 0. The van der Waals surface area contributed by atoms with Crippen molar-refractivity contribution < 1.29 is 13.6 Å². The Balaban J connectivity index is 2.66. The molecule has 0 aliphatic rings. The third-order valence-corrected chi connectivity index (χ3v) is 2.26. The van der Waals surface area contributed by atoms with Gasteiger partial charge in [0.2, 0.25) is 0 Å². The second-order valence-electron chi connectivity index (χ2n) is 3.47. The molecule has 0 amide bonds. The number of ketones is 1. The molecular weight excluding hydrogens is 200 g/mol. The number of aromatic amines is 1. The molecule has 1 heterocycles. The number of hydrogen-bond acceptors (Lipinski definition) is 1. The summed E-state index contributed by atoms with van der Waals surface area (Å²) in [7, 11) is 0. The predicted molar refractivity (Wildman–Crippen MR) is 52.6 cm³/mol. The highest BCUT2D eigenvalue weighted by molar-refractivity contribution is 5.84. The number of aromatic nitrogens is 1. The molecule has 0 saturated carbocycles. The molecule has 2 rings (SSSR count). The second kappa shape index (κ2) is 3.46. The van der Waals surface area contributed by atoms with Gasteiger partial charge in [0.15, 0.2) is 5.82 Å². The van der Waals surface area contributed by atoms with E-state index in [1.807, 2.05) is 0 Å². The lowest BCUT2D eigenvalue weighted by Crippen LogP contribution is -2.03. The van der Waals surface area contributed by atoms with E-state index in [4.69, 9.17) is 0 Å². The van der Waals surface area contributed by atoms with E-state index in [1.54, 1.807) is 6.07 Å². The van der Waals surface area contributed by atoms with E-state index in [9.17, 15) is 13.6 Å². The van der Waals surface area contributed by atoms with Crippen molar-refractivity contribution in [3.63, 3.8) is 0 Å². The summed E-state index contributed by atoms with van der Waals surface area (Å²) in [6, 6.07) is 2.81. The molecule has 1 aromatic carbocycles. The van der Waals surface area contributed by atoms with Crippen LogP contribution in [-0.2, 0) is 11.2 Å². The molecule has 4 heteroatoms. The first kappa shape index (κ1) is 9.83. The zero-order chi connectivity index (χ0) is 11.0. The van der Waals surface area contributed by atoms with Crippen LogP contribution in [0, 0.1) is 11.6 Å². The standard InChI is InChI=1S/C11H9F2NO/c1-6(15)4-8-9(12)5-7-2-3-14-11(7)10(8)13/h2-3,5,14H,4H2,1H3. The zero-order valence-electron chi connectivity index (χ0n) is 8.10. The van der Waals surface area contributed by atoms with Gasteiger partial charge in [-0.15, -0.1) is 0 Å². The summed E-state index contributed by atoms with van der Waals surface area (Å²) in [5, 5.41) is 0.470. The Morgan fingerprint density at radius 2 is 2.20 bits per heavy atom. The molecule has 0 fully saturated rings. The number of Topliss-reactive ketones (excluding diaryl/α,β-unsaturated/α-hetero) is 1. The van der Waals surface area contributed by atoms with Crippen molar-refractivity contribution in [1.82, 2.24) is 4.98 Å². The molecule has 0 unspecified atom stereocenters. The van der Waals surface area contributed by atoms with Crippen LogP contribution in [0.3, 0.4) is 0 Å². The van der Waals surface area contributed by atoms with Crippen molar-refractivity contribution >= 4 is 16.7 Å². The minimum Gasteiger partial charge on any atom is -0.359 e. The molecule has 15 heavy (non-hydrogen) atoms. The van der Waals surface area contributed by atoms with Gasteiger partial charge in [-0.25, -0.2) is 8.78 Å². The molecule has 2 nitrogen and oxygen atoms in total. The second-order valence-corrected chi connectivity index (χ2v) is 3.47. The highest BCUT2D eigenvalue weighted by atomic mass is 19.1. The lowest BCUT2D eigenvalue weighted by atomic mass is 10.1. The average molecular weight is 209 g/mol. The van der Waals surface area contributed by atoms with Crippen LogP contribution in [0.25, 0.3) is 10.9 Å². The molecule has 0 atom stereocenters. The molecule has 78 valence electrons. The van der Waals surface area contributed by atoms with E-state index in [2.05, 4.69) is 4.98 Å². The van der Waals surface area contributed by atoms with Crippen LogP contribution >= 0.6 is 0 Å². The van der Waals surface area contributed by atoms with Gasteiger partial charge in [0.05, 0.1) is 5.52 Å². The van der Waals surface area contributed by atoms with E-state index in [-0.39, 0.29) is 23.3 Å². The number of hydrogen-bond donors (Lipinski definition) is 1. The molecule has 0 bridgehead atoms. The quantitative estimate of drug-likeness (QED) is 0.810. The molecule has 0 saturated heterocycles. The molecule has 0 spiro atoms. The zero-order valence-corrected chi connectivity index (χ0v) is 8.10. The summed E-state index contributed by atoms with van der Waals surface area (Å²) in [5.41, 5.74) is 0.0742. The first-order chi connectivity index (χ1) is 7.09. The Morgan fingerprint density at radius 1 is 1.47 bits per heavy atom. The van der Waals surface area contributed by atoms with Crippen molar-refractivity contribution in [2.24, 2.45) is 0 Å². The van der Waals surface area contributed by atoms with Gasteiger partial charge in [0.25, 0.3) is 0 Å². The molecule has 0 aliphatic heterocycles. The van der Waals surface area contributed by atoms with Gasteiger partial charge in [-0.05, 0) is 19.1 Å². The van der Waals surface area contributed by atoms with Gasteiger partial charge in [-0.1, -0.05) is 0 Å². The fourth-order valence-corrected chi connectivity index (χ4v) is 1.58. The highest BCUT2D eigenvalue weighted by Gasteiger charge is 2.15. The van der Waals surface area contributed by atoms with Crippen LogP contribution in [0.15, 0.2) is 18.3 Å². The summed E-state index contributed by atoms with van der Waals surface area (Å²) in [6.45, 7) is 1.30. The number of H-pyrrole nitrogens is 1. The molecular formula is C11H9F2NO. The van der Waals surface area contributed by atoms with Crippen LogP contribution in [-0.4, -0.2) is 10.8 Å². The predicted octanol–water partition coefficient (Wildman–Crippen LogP) is 2.58. The van der Waals surface area contributed by atoms with Crippen molar-refractivity contribution in [1.29, 1.82) is 0 Å². The first-order valence-electron chi connectivity index (χ1n) is 4.53. The largest absolute Gasteiger partial charge is 0.359 e. The van der Waals surface area contributed by atoms with Crippen molar-refractivity contribution in [3.8, 4) is 0 Å². The van der Waals surface area contributed by atoms with Gasteiger partial charge in [0.1, 0.15) is 11.6 Å². The van der Waals surface area contributed by atoms with Crippen molar-refractivity contribution in [2.45, 2.75) is 13.3 Å². The van der Waals surface area contributed by atoms with Gasteiger partial charge in [-0.2, -0.15) is 0 Å². The van der Waals surface area contributed by atoms with E-state index in [0.29, 0.717) is 5.39 Å². The van der Waals surface area contributed by atoms with Crippen LogP contribution in [0.1, 0.15) is 12.5 Å². The molecule has 0 radical (unpaired) electrons. The topological polar surface area (TPSA) is 32.9 Å². The Bertz CT molecular complexity index is 531. The van der Waals surface area contributed by atoms with Gasteiger partial charge < -0.3 is 4.98 Å². The third-order valence-electron chi connectivity index (χ3n) is 2.26. The number of carbonyl (C=O) groups excluding carboxylic acids is 1. The average Bonchev–Trinajstić information content (AvgIpc) is 2.59. The maximum Gasteiger partial charge on any atom is 0.153 e. The maximum atomic E-state index is 13.7. The van der Waals surface area contributed by atoms with Crippen molar-refractivity contribution in [3.05, 3.63) is 35.5 Å². The number of halogens is 2. The van der Waals surface area contributed by atoms with Gasteiger partial charge in [-0.3, -0.25) is 4.79 Å². The van der Waals surface area contributed by atoms with Crippen LogP contribution in [0.2, 0.25) is 0 Å². The smallest absolute Gasteiger partial charge is 0.153 e. The number of carbonyl (C=O) groups is 1. The Hall–Kier alpha value is -1.71. The number of benzene rings is 1. The fraction of sp³-hybridized carbons (Fsp3) is 0.182. The molecule has 1 aromatic heterocycles. The van der Waals surface area contributed by atoms with Crippen LogP contribution in [0.5, 0.6) is 0 Å². The summed E-state index contributed by atoms with van der Waals surface area (Å²) < 4.78 is 27.1. The van der Waals surface area contributed by atoms with E-state index in [1.165, 1.54) is 19.2 Å². The van der Waals surface area contributed by atoms with Crippen molar-refractivity contribution in [2.75, 3.05) is 0 Å². The van der Waals surface area contributed by atoms with Gasteiger partial charge >= 0.3 is 0 Å².